The first-order chi connectivity index (χ1) is 18.7. The van der Waals surface area contributed by atoms with E-state index in [9.17, 15) is 4.79 Å². The Balaban J connectivity index is 1.25. The Labute approximate surface area is 220 Å². The number of nitrogens with zero attached hydrogens (tertiary/aromatic N) is 2. The summed E-state index contributed by atoms with van der Waals surface area (Å²) in [7, 11) is 0. The number of carbonyl (C=O) groups excluding carboxylic acids is 1. The van der Waals surface area contributed by atoms with E-state index < -0.39 is 0 Å². The van der Waals surface area contributed by atoms with Gasteiger partial charge in [0.25, 0.3) is 5.91 Å². The molecule has 1 N–H and O–H groups in total. The van der Waals surface area contributed by atoms with Crippen molar-refractivity contribution in [1.29, 1.82) is 0 Å². The highest BCUT2D eigenvalue weighted by molar-refractivity contribution is 5.97. The summed E-state index contributed by atoms with van der Waals surface area (Å²) in [6.07, 6.45) is 0.778. The Morgan fingerprint density at radius 3 is 2.50 bits per heavy atom. The second kappa shape index (κ2) is 10.7. The minimum Gasteiger partial charge on any atom is -0.486 e. The van der Waals surface area contributed by atoms with Crippen LogP contribution in [-0.2, 0) is 19.6 Å². The summed E-state index contributed by atoms with van der Waals surface area (Å²) in [5, 5.41) is 3.02. The quantitative estimate of drug-likeness (QED) is 0.292. The minimum absolute atomic E-state index is 0.116. The highest BCUT2D eigenvalue weighted by Crippen LogP contribution is 2.33. The average Bonchev–Trinajstić information content (AvgIpc) is 3.57. The normalized spacial score (nSPS) is 12.0. The van der Waals surface area contributed by atoms with Gasteiger partial charge in [-0.15, -0.1) is 0 Å². The number of para-hydroxylation sites is 1. The van der Waals surface area contributed by atoms with E-state index in [1.165, 1.54) is 5.56 Å². The van der Waals surface area contributed by atoms with E-state index in [1.54, 1.807) is 0 Å². The summed E-state index contributed by atoms with van der Waals surface area (Å²) in [5.41, 5.74) is 4.49. The number of amides is 1. The van der Waals surface area contributed by atoms with Crippen LogP contribution in [0, 0.1) is 0 Å². The van der Waals surface area contributed by atoms with Crippen molar-refractivity contribution < 1.29 is 19.0 Å². The van der Waals surface area contributed by atoms with E-state index in [1.807, 2.05) is 84.9 Å². The highest BCUT2D eigenvalue weighted by atomic mass is 16.7. The van der Waals surface area contributed by atoms with Gasteiger partial charge in [-0.1, -0.05) is 54.6 Å². The van der Waals surface area contributed by atoms with Crippen molar-refractivity contribution >= 4 is 16.9 Å². The smallest absolute Gasteiger partial charge is 0.251 e. The van der Waals surface area contributed by atoms with Crippen LogP contribution >= 0.6 is 0 Å². The molecule has 1 aliphatic rings. The van der Waals surface area contributed by atoms with Crippen LogP contribution < -0.4 is 19.5 Å². The maximum atomic E-state index is 12.9. The Morgan fingerprint density at radius 1 is 0.868 bits per heavy atom. The molecule has 7 nitrogen and oxygen atoms in total. The van der Waals surface area contributed by atoms with Gasteiger partial charge in [-0.2, -0.15) is 0 Å². The number of benzene rings is 4. The van der Waals surface area contributed by atoms with Crippen LogP contribution in [0.2, 0.25) is 0 Å². The fourth-order valence-electron chi connectivity index (χ4n) is 4.56. The Bertz CT molecular complexity index is 1560. The fourth-order valence-corrected chi connectivity index (χ4v) is 4.56. The second-order valence-electron chi connectivity index (χ2n) is 9.10. The molecule has 0 unspecified atom stereocenters. The third-order valence-electron chi connectivity index (χ3n) is 6.52. The standard InChI is InChI=1S/C31H27N3O4/c35-31(32-16-15-22-7-3-1-4-8-22)24-12-13-27-26(18-24)33-30(20-36-25-9-5-2-6-10-25)34(27)19-23-11-14-28-29(17-23)38-21-37-28/h1-14,17-18H,15-16,19-21H2,(H,32,35). The van der Waals surface area contributed by atoms with Gasteiger partial charge in [0.1, 0.15) is 18.2 Å². The number of imidazole rings is 1. The van der Waals surface area contributed by atoms with E-state index in [0.717, 1.165) is 46.1 Å². The van der Waals surface area contributed by atoms with Crippen molar-refractivity contribution in [2.24, 2.45) is 0 Å². The van der Waals surface area contributed by atoms with E-state index in [2.05, 4.69) is 22.0 Å². The van der Waals surface area contributed by atoms with Gasteiger partial charge in [-0.25, -0.2) is 4.98 Å². The molecule has 0 saturated heterocycles. The zero-order valence-electron chi connectivity index (χ0n) is 20.8. The zero-order chi connectivity index (χ0) is 25.7. The topological polar surface area (TPSA) is 74.6 Å². The fraction of sp³-hybridized carbons (Fsp3) is 0.161. The number of ether oxygens (including phenoxy) is 3. The average molecular weight is 506 g/mol. The van der Waals surface area contributed by atoms with Crippen molar-refractivity contribution in [3.05, 3.63) is 120 Å². The predicted octanol–water partition coefficient (Wildman–Crippen LogP) is 5.36. The Hall–Kier alpha value is -4.78. The van der Waals surface area contributed by atoms with Crippen LogP contribution in [0.4, 0.5) is 0 Å². The number of rotatable bonds is 9. The number of carbonyl (C=O) groups is 1. The van der Waals surface area contributed by atoms with E-state index in [-0.39, 0.29) is 12.7 Å². The molecule has 0 atom stereocenters. The SMILES string of the molecule is O=C(NCCc1ccccc1)c1ccc2c(c1)nc(COc1ccccc1)n2Cc1ccc2c(c1)OCO2. The number of nitrogens with one attached hydrogen (secondary N) is 1. The summed E-state index contributed by atoms with van der Waals surface area (Å²) >= 11 is 0. The van der Waals surface area contributed by atoms with Gasteiger partial charge in [0.05, 0.1) is 11.0 Å². The first kappa shape index (κ1) is 23.6. The van der Waals surface area contributed by atoms with Crippen LogP contribution in [-0.4, -0.2) is 28.8 Å². The van der Waals surface area contributed by atoms with Gasteiger partial charge in [0.15, 0.2) is 11.5 Å². The molecule has 38 heavy (non-hydrogen) atoms. The molecule has 1 aliphatic heterocycles. The first-order valence-corrected chi connectivity index (χ1v) is 12.6. The van der Waals surface area contributed by atoms with Gasteiger partial charge in [-0.05, 0) is 60.0 Å². The number of fused-ring (bicyclic) bond motifs is 2. The van der Waals surface area contributed by atoms with E-state index in [4.69, 9.17) is 19.2 Å². The van der Waals surface area contributed by atoms with Crippen molar-refractivity contribution in [3.63, 3.8) is 0 Å². The summed E-state index contributed by atoms with van der Waals surface area (Å²) in [6, 6.07) is 31.4. The summed E-state index contributed by atoms with van der Waals surface area (Å²) in [6.45, 7) is 1.67. The van der Waals surface area contributed by atoms with Crippen molar-refractivity contribution in [1.82, 2.24) is 14.9 Å². The van der Waals surface area contributed by atoms with Crippen LogP contribution in [0.15, 0.2) is 97.1 Å². The molecule has 0 fully saturated rings. The Morgan fingerprint density at radius 2 is 1.66 bits per heavy atom. The number of hydrogen-bond acceptors (Lipinski definition) is 5. The lowest BCUT2D eigenvalue weighted by atomic mass is 10.1. The van der Waals surface area contributed by atoms with Gasteiger partial charge in [0, 0.05) is 18.7 Å². The first-order valence-electron chi connectivity index (χ1n) is 12.6. The van der Waals surface area contributed by atoms with Gasteiger partial charge in [0.2, 0.25) is 6.79 Å². The molecular weight excluding hydrogens is 478 g/mol. The maximum absolute atomic E-state index is 12.9. The molecule has 4 aromatic carbocycles. The molecule has 0 spiro atoms. The second-order valence-corrected chi connectivity index (χ2v) is 9.10. The van der Waals surface area contributed by atoms with Crippen LogP contribution in [0.1, 0.15) is 27.3 Å². The van der Waals surface area contributed by atoms with Gasteiger partial charge < -0.3 is 24.1 Å². The summed E-state index contributed by atoms with van der Waals surface area (Å²) in [5.74, 6) is 2.91. The molecule has 0 radical (unpaired) electrons. The lowest BCUT2D eigenvalue weighted by Gasteiger charge is -2.11. The summed E-state index contributed by atoms with van der Waals surface area (Å²) in [4.78, 5) is 17.8. The molecular formula is C31H27N3O4. The zero-order valence-corrected chi connectivity index (χ0v) is 20.8. The molecule has 1 aromatic heterocycles. The summed E-state index contributed by atoms with van der Waals surface area (Å²) < 4.78 is 19.2. The molecule has 1 amide bonds. The lowest BCUT2D eigenvalue weighted by Crippen LogP contribution is -2.25. The molecule has 5 aromatic rings. The van der Waals surface area contributed by atoms with Crippen LogP contribution in [0.25, 0.3) is 11.0 Å². The largest absolute Gasteiger partial charge is 0.486 e. The van der Waals surface area contributed by atoms with E-state index in [0.29, 0.717) is 25.3 Å². The molecule has 6 rings (SSSR count). The highest BCUT2D eigenvalue weighted by Gasteiger charge is 2.17. The van der Waals surface area contributed by atoms with Crippen LogP contribution in [0.5, 0.6) is 17.2 Å². The van der Waals surface area contributed by atoms with Crippen LogP contribution in [0.3, 0.4) is 0 Å². The van der Waals surface area contributed by atoms with Gasteiger partial charge >= 0.3 is 0 Å². The van der Waals surface area contributed by atoms with Gasteiger partial charge in [-0.3, -0.25) is 4.79 Å². The lowest BCUT2D eigenvalue weighted by molar-refractivity contribution is 0.0954. The molecule has 0 saturated carbocycles. The maximum Gasteiger partial charge on any atom is 0.251 e. The van der Waals surface area contributed by atoms with Crippen molar-refractivity contribution in [2.45, 2.75) is 19.6 Å². The van der Waals surface area contributed by atoms with Crippen molar-refractivity contribution in [3.8, 4) is 17.2 Å². The molecule has 190 valence electrons. The number of aromatic nitrogens is 2. The van der Waals surface area contributed by atoms with E-state index >= 15 is 0 Å². The molecule has 2 heterocycles. The third-order valence-corrected chi connectivity index (χ3v) is 6.52. The predicted molar refractivity (Wildman–Crippen MR) is 145 cm³/mol. The van der Waals surface area contributed by atoms with Crippen molar-refractivity contribution in [2.75, 3.05) is 13.3 Å². The third kappa shape index (κ3) is 5.18. The molecule has 0 aliphatic carbocycles. The molecule has 0 bridgehead atoms. The monoisotopic (exact) mass is 505 g/mol. The minimum atomic E-state index is -0.116. The molecule has 7 heteroatoms. The number of hydrogen-bond donors (Lipinski definition) is 1. The Kier molecular flexibility index (Phi) is 6.64.